The van der Waals surface area contributed by atoms with Crippen molar-refractivity contribution in [2.45, 2.75) is 37.5 Å². The molecule has 3 aliphatic heterocycles. The van der Waals surface area contributed by atoms with Crippen LogP contribution >= 0.6 is 15.9 Å². The molecule has 0 radical (unpaired) electrons. The number of carbonyl (C=O) groups excluding carboxylic acids is 3. The molecule has 7 nitrogen and oxygen atoms in total. The van der Waals surface area contributed by atoms with Crippen LogP contribution in [0.25, 0.3) is 0 Å². The summed E-state index contributed by atoms with van der Waals surface area (Å²) in [7, 11) is 0. The fourth-order valence-electron chi connectivity index (χ4n) is 6.47. The summed E-state index contributed by atoms with van der Waals surface area (Å²) < 4.78 is 6.41. The first-order valence-corrected chi connectivity index (χ1v) is 13.0. The third kappa shape index (κ3) is 3.66. The van der Waals surface area contributed by atoms with Gasteiger partial charge in [0.25, 0.3) is 5.91 Å². The van der Waals surface area contributed by atoms with Crippen molar-refractivity contribution >= 4 is 33.7 Å². The van der Waals surface area contributed by atoms with Crippen molar-refractivity contribution in [3.63, 3.8) is 0 Å². The lowest BCUT2D eigenvalue weighted by Crippen LogP contribution is -2.49. The number of hydrogen-bond acceptors (Lipinski definition) is 4. The van der Waals surface area contributed by atoms with Crippen LogP contribution in [0.4, 0.5) is 0 Å². The maximum Gasteiger partial charge on any atom is 0.290 e. The van der Waals surface area contributed by atoms with Crippen molar-refractivity contribution in [1.82, 2.24) is 15.1 Å². The summed E-state index contributed by atoms with van der Waals surface area (Å²) in [6, 6.07) is 20.6. The average molecular weight is 548 g/mol. The lowest BCUT2D eigenvalue weighted by molar-refractivity contribution is -0.138. The molecule has 3 amide bonds. The fourth-order valence-corrected chi connectivity index (χ4v) is 6.73. The Morgan fingerprint density at radius 3 is 2.53 bits per heavy atom. The first-order valence-electron chi connectivity index (χ1n) is 12.2. The summed E-state index contributed by atoms with van der Waals surface area (Å²) in [5.74, 6) is -1.40. The normalized spacial score (nSPS) is 26.4. The first-order chi connectivity index (χ1) is 17.5. The SMILES string of the molecule is O=C(NCc1ccc(Br)cc1)[C@H]1[C@H]2CC[C@]3(CN(Cc4ccccc4)C(=O)[C@H]13)N2C(=O)c1ccco1. The number of fused-ring (bicyclic) bond motifs is 1. The van der Waals surface area contributed by atoms with E-state index in [1.165, 1.54) is 6.26 Å². The third-order valence-corrected chi connectivity index (χ3v) is 8.46. The van der Waals surface area contributed by atoms with Gasteiger partial charge in [-0.2, -0.15) is 0 Å². The summed E-state index contributed by atoms with van der Waals surface area (Å²) >= 11 is 3.43. The van der Waals surface area contributed by atoms with E-state index >= 15 is 0 Å². The van der Waals surface area contributed by atoms with Crippen LogP contribution in [0.2, 0.25) is 0 Å². The van der Waals surface area contributed by atoms with Crippen molar-refractivity contribution in [2.24, 2.45) is 11.8 Å². The van der Waals surface area contributed by atoms with E-state index in [0.717, 1.165) is 15.6 Å². The molecule has 3 aromatic rings. The standard InChI is InChI=1S/C28H26BrN3O4/c29-20-10-8-18(9-11-20)15-30-25(33)23-21-12-13-28(32(21)26(34)22-7-4-14-36-22)17-31(27(35)24(23)28)16-19-5-2-1-3-6-19/h1-11,14,21,23-24H,12-13,15-17H2,(H,30,33)/t21-,23+,24+,28-/m1/s1. The highest BCUT2D eigenvalue weighted by molar-refractivity contribution is 9.10. The number of halogens is 1. The molecule has 1 spiro atoms. The van der Waals surface area contributed by atoms with Gasteiger partial charge in [-0.1, -0.05) is 58.4 Å². The topological polar surface area (TPSA) is 82.9 Å². The van der Waals surface area contributed by atoms with Crippen molar-refractivity contribution in [2.75, 3.05) is 6.54 Å². The van der Waals surface area contributed by atoms with E-state index < -0.39 is 17.4 Å². The second-order valence-electron chi connectivity index (χ2n) is 9.89. The van der Waals surface area contributed by atoms with Gasteiger partial charge in [-0.3, -0.25) is 14.4 Å². The molecule has 0 unspecified atom stereocenters. The smallest absolute Gasteiger partial charge is 0.290 e. The van der Waals surface area contributed by atoms with Gasteiger partial charge >= 0.3 is 0 Å². The summed E-state index contributed by atoms with van der Waals surface area (Å²) in [5.41, 5.74) is 1.29. The van der Waals surface area contributed by atoms with Crippen LogP contribution in [0.15, 0.2) is 81.9 Å². The quantitative estimate of drug-likeness (QED) is 0.505. The number of carbonyl (C=O) groups is 3. The Labute approximate surface area is 217 Å². The van der Waals surface area contributed by atoms with Crippen molar-refractivity contribution < 1.29 is 18.8 Å². The molecule has 184 valence electrons. The van der Waals surface area contributed by atoms with Gasteiger partial charge in [0.2, 0.25) is 11.8 Å². The van der Waals surface area contributed by atoms with Crippen LogP contribution in [0, 0.1) is 11.8 Å². The zero-order chi connectivity index (χ0) is 24.9. The van der Waals surface area contributed by atoms with Gasteiger partial charge in [-0.25, -0.2) is 0 Å². The van der Waals surface area contributed by atoms with Crippen LogP contribution in [0.5, 0.6) is 0 Å². The van der Waals surface area contributed by atoms with E-state index in [-0.39, 0.29) is 29.5 Å². The molecule has 1 N–H and O–H groups in total. The molecule has 3 saturated heterocycles. The number of furan rings is 1. The molecule has 36 heavy (non-hydrogen) atoms. The monoisotopic (exact) mass is 547 g/mol. The average Bonchev–Trinajstić information content (AvgIpc) is 3.65. The molecular weight excluding hydrogens is 522 g/mol. The second kappa shape index (κ2) is 8.92. The molecule has 3 aliphatic rings. The van der Waals surface area contributed by atoms with E-state index in [4.69, 9.17) is 4.42 Å². The van der Waals surface area contributed by atoms with Crippen LogP contribution in [-0.2, 0) is 22.7 Å². The highest BCUT2D eigenvalue weighted by Crippen LogP contribution is 2.58. The molecule has 4 atom stereocenters. The van der Waals surface area contributed by atoms with E-state index in [1.54, 1.807) is 12.1 Å². The summed E-state index contributed by atoms with van der Waals surface area (Å²) in [4.78, 5) is 44.7. The zero-order valence-corrected chi connectivity index (χ0v) is 21.2. The van der Waals surface area contributed by atoms with Gasteiger partial charge in [-0.15, -0.1) is 0 Å². The maximum atomic E-state index is 13.8. The molecule has 8 heteroatoms. The number of amides is 3. The maximum absolute atomic E-state index is 13.8. The Balaban J connectivity index is 1.31. The Kier molecular flexibility index (Phi) is 5.71. The van der Waals surface area contributed by atoms with Crippen LogP contribution in [-0.4, -0.2) is 45.6 Å². The van der Waals surface area contributed by atoms with Crippen LogP contribution in [0.3, 0.4) is 0 Å². The van der Waals surface area contributed by atoms with Crippen molar-refractivity contribution in [1.29, 1.82) is 0 Å². The molecule has 2 bridgehead atoms. The Morgan fingerprint density at radius 1 is 1.03 bits per heavy atom. The van der Waals surface area contributed by atoms with E-state index in [9.17, 15) is 14.4 Å². The van der Waals surface area contributed by atoms with Gasteiger partial charge in [0.05, 0.1) is 23.6 Å². The number of rotatable bonds is 6. The molecule has 0 aliphatic carbocycles. The highest BCUT2D eigenvalue weighted by atomic mass is 79.9. The predicted molar refractivity (Wildman–Crippen MR) is 135 cm³/mol. The molecule has 4 heterocycles. The minimum absolute atomic E-state index is 0.0536. The van der Waals surface area contributed by atoms with Gasteiger partial charge in [0.1, 0.15) is 0 Å². The van der Waals surface area contributed by atoms with E-state index in [1.807, 2.05) is 64.4 Å². The summed E-state index contributed by atoms with van der Waals surface area (Å²) in [6.07, 6.45) is 2.86. The molecule has 6 rings (SSSR count). The van der Waals surface area contributed by atoms with Gasteiger partial charge < -0.3 is 19.5 Å². The van der Waals surface area contributed by atoms with Crippen LogP contribution < -0.4 is 5.32 Å². The number of likely N-dealkylation sites (tertiary alicyclic amines) is 1. The second-order valence-corrected chi connectivity index (χ2v) is 10.8. The lowest BCUT2D eigenvalue weighted by atomic mass is 9.72. The highest BCUT2D eigenvalue weighted by Gasteiger charge is 2.72. The van der Waals surface area contributed by atoms with Gasteiger partial charge in [0, 0.05) is 30.1 Å². The number of nitrogens with zero attached hydrogens (tertiary/aromatic N) is 2. The molecule has 2 aromatic carbocycles. The van der Waals surface area contributed by atoms with E-state index in [0.29, 0.717) is 32.5 Å². The Bertz CT molecular complexity index is 1290. The Hall–Kier alpha value is -3.39. The third-order valence-electron chi connectivity index (χ3n) is 7.93. The minimum atomic E-state index is -0.708. The Morgan fingerprint density at radius 2 is 1.81 bits per heavy atom. The minimum Gasteiger partial charge on any atom is -0.459 e. The van der Waals surface area contributed by atoms with Crippen molar-refractivity contribution in [3.05, 3.63) is 94.4 Å². The van der Waals surface area contributed by atoms with Gasteiger partial charge in [0.15, 0.2) is 5.76 Å². The first kappa shape index (κ1) is 23.0. The zero-order valence-electron chi connectivity index (χ0n) is 19.6. The fraction of sp³-hybridized carbons (Fsp3) is 0.321. The number of hydrogen-bond donors (Lipinski definition) is 1. The largest absolute Gasteiger partial charge is 0.459 e. The summed E-state index contributed by atoms with van der Waals surface area (Å²) in [5, 5.41) is 3.05. The number of nitrogens with one attached hydrogen (secondary N) is 1. The predicted octanol–water partition coefficient (Wildman–Crippen LogP) is 3.99. The molecule has 1 aromatic heterocycles. The van der Waals surface area contributed by atoms with Crippen molar-refractivity contribution in [3.8, 4) is 0 Å². The number of benzene rings is 2. The van der Waals surface area contributed by atoms with Crippen LogP contribution in [0.1, 0.15) is 34.5 Å². The molecule has 3 fully saturated rings. The van der Waals surface area contributed by atoms with E-state index in [2.05, 4.69) is 21.2 Å². The molecular formula is C28H26BrN3O4. The van der Waals surface area contributed by atoms with Gasteiger partial charge in [-0.05, 0) is 48.2 Å². The lowest BCUT2D eigenvalue weighted by Gasteiger charge is -2.33. The summed E-state index contributed by atoms with van der Waals surface area (Å²) in [6.45, 7) is 1.24. The molecule has 0 saturated carbocycles.